The molecule has 0 amide bonds. The summed E-state index contributed by atoms with van der Waals surface area (Å²) in [6, 6.07) is 0. The Morgan fingerprint density at radius 3 is 2.54 bits per heavy atom. The molecule has 0 aromatic rings. The van der Waals surface area contributed by atoms with E-state index < -0.39 is 0 Å². The zero-order valence-corrected chi connectivity index (χ0v) is 9.12. The molecule has 0 rings (SSSR count). The molecule has 0 bridgehead atoms. The molecule has 0 aliphatic heterocycles. The predicted octanol–water partition coefficient (Wildman–Crippen LogP) is 1.12. The maximum Gasteiger partial charge on any atom is 0.0524 e. The van der Waals surface area contributed by atoms with Crippen molar-refractivity contribution in [3.05, 3.63) is 0 Å². The second-order valence-corrected chi connectivity index (χ2v) is 3.64. The van der Waals surface area contributed by atoms with E-state index in [0.29, 0.717) is 0 Å². The molecule has 0 aromatic heterocycles. The summed E-state index contributed by atoms with van der Waals surface area (Å²) in [4.78, 5) is 2.25. The van der Waals surface area contributed by atoms with E-state index >= 15 is 0 Å². The van der Waals surface area contributed by atoms with Gasteiger partial charge in [0.05, 0.1) is 6.10 Å². The van der Waals surface area contributed by atoms with Crippen molar-refractivity contribution in [2.24, 2.45) is 0 Å². The molecular formula is C10H23NO2. The van der Waals surface area contributed by atoms with Gasteiger partial charge in [-0.15, -0.1) is 0 Å². The number of rotatable bonds is 8. The fourth-order valence-electron chi connectivity index (χ4n) is 1.15. The van der Waals surface area contributed by atoms with Gasteiger partial charge in [-0.2, -0.15) is 0 Å². The van der Waals surface area contributed by atoms with Crippen LogP contribution in [0.2, 0.25) is 0 Å². The zero-order valence-electron chi connectivity index (χ0n) is 9.12. The predicted molar refractivity (Wildman–Crippen MR) is 54.9 cm³/mol. The molecule has 0 aliphatic rings. The number of nitrogens with zero attached hydrogens (tertiary/aromatic N) is 1. The van der Waals surface area contributed by atoms with Gasteiger partial charge < -0.3 is 14.7 Å². The van der Waals surface area contributed by atoms with Crippen molar-refractivity contribution in [1.82, 2.24) is 4.90 Å². The Bertz CT molecular complexity index is 107. The Morgan fingerprint density at radius 2 is 2.00 bits per heavy atom. The first-order chi connectivity index (χ1) is 6.16. The van der Waals surface area contributed by atoms with E-state index in [9.17, 15) is 0 Å². The summed E-state index contributed by atoms with van der Waals surface area (Å²) in [6.07, 6.45) is 2.97. The molecule has 0 radical (unpaired) electrons. The molecule has 0 saturated heterocycles. The largest absolute Gasteiger partial charge is 0.393 e. The van der Waals surface area contributed by atoms with Crippen molar-refractivity contribution in [3.63, 3.8) is 0 Å². The summed E-state index contributed by atoms with van der Waals surface area (Å²) < 4.78 is 4.96. The summed E-state index contributed by atoms with van der Waals surface area (Å²) in [5, 5.41) is 9.06. The minimum Gasteiger partial charge on any atom is -0.393 e. The monoisotopic (exact) mass is 189 g/mol. The summed E-state index contributed by atoms with van der Waals surface area (Å²) >= 11 is 0. The minimum atomic E-state index is -0.179. The van der Waals surface area contributed by atoms with Crippen LogP contribution in [0.25, 0.3) is 0 Å². The van der Waals surface area contributed by atoms with Gasteiger partial charge in [-0.25, -0.2) is 0 Å². The second-order valence-electron chi connectivity index (χ2n) is 3.64. The number of aliphatic hydroxyl groups excluding tert-OH is 1. The van der Waals surface area contributed by atoms with Crippen molar-refractivity contribution in [1.29, 1.82) is 0 Å². The molecule has 1 unspecified atom stereocenters. The lowest BCUT2D eigenvalue weighted by molar-refractivity contribution is 0.159. The Balaban J connectivity index is 3.15. The lowest BCUT2D eigenvalue weighted by atomic mass is 10.2. The molecule has 0 aliphatic carbocycles. The third kappa shape index (κ3) is 9.80. The maximum absolute atomic E-state index is 9.06. The molecule has 3 nitrogen and oxygen atoms in total. The van der Waals surface area contributed by atoms with Gasteiger partial charge in [0, 0.05) is 20.3 Å². The van der Waals surface area contributed by atoms with Gasteiger partial charge >= 0.3 is 0 Å². The Morgan fingerprint density at radius 1 is 1.31 bits per heavy atom. The van der Waals surface area contributed by atoms with Crippen molar-refractivity contribution in [2.45, 2.75) is 32.3 Å². The van der Waals surface area contributed by atoms with Crippen molar-refractivity contribution in [3.8, 4) is 0 Å². The first-order valence-corrected chi connectivity index (χ1v) is 5.02. The summed E-state index contributed by atoms with van der Waals surface area (Å²) in [6.45, 7) is 4.75. The van der Waals surface area contributed by atoms with E-state index in [-0.39, 0.29) is 6.10 Å². The average molecular weight is 189 g/mol. The van der Waals surface area contributed by atoms with Crippen LogP contribution in [0.15, 0.2) is 0 Å². The number of methoxy groups -OCH3 is 1. The Labute approximate surface area is 81.7 Å². The van der Waals surface area contributed by atoms with Crippen LogP contribution in [-0.4, -0.2) is 50.0 Å². The Kier molecular flexibility index (Phi) is 8.40. The number of hydrogen-bond donors (Lipinski definition) is 1. The fourth-order valence-corrected chi connectivity index (χ4v) is 1.15. The van der Waals surface area contributed by atoms with Crippen LogP contribution in [-0.2, 0) is 4.74 Å². The van der Waals surface area contributed by atoms with Crippen LogP contribution in [0.5, 0.6) is 0 Å². The third-order valence-corrected chi connectivity index (χ3v) is 2.07. The molecular weight excluding hydrogens is 166 g/mol. The maximum atomic E-state index is 9.06. The topological polar surface area (TPSA) is 32.7 Å². The first-order valence-electron chi connectivity index (χ1n) is 5.02. The highest BCUT2D eigenvalue weighted by atomic mass is 16.5. The van der Waals surface area contributed by atoms with Crippen molar-refractivity contribution in [2.75, 3.05) is 33.9 Å². The lowest BCUT2D eigenvalue weighted by Gasteiger charge is -2.16. The quantitative estimate of drug-likeness (QED) is 0.581. The van der Waals surface area contributed by atoms with E-state index in [1.54, 1.807) is 7.11 Å². The van der Waals surface area contributed by atoms with E-state index in [0.717, 1.165) is 32.5 Å². The number of hydrogen-bond acceptors (Lipinski definition) is 3. The van der Waals surface area contributed by atoms with Gasteiger partial charge in [0.25, 0.3) is 0 Å². The summed E-state index contributed by atoms with van der Waals surface area (Å²) in [5.74, 6) is 0. The molecule has 13 heavy (non-hydrogen) atoms. The summed E-state index contributed by atoms with van der Waals surface area (Å²) in [7, 11) is 3.83. The van der Waals surface area contributed by atoms with E-state index in [1.165, 1.54) is 6.42 Å². The third-order valence-electron chi connectivity index (χ3n) is 2.07. The fraction of sp³-hybridized carbons (Fsp3) is 1.00. The highest BCUT2D eigenvalue weighted by Gasteiger charge is 2.00. The van der Waals surface area contributed by atoms with Gasteiger partial charge in [0.15, 0.2) is 0 Å². The van der Waals surface area contributed by atoms with Crippen LogP contribution >= 0.6 is 0 Å². The molecule has 80 valence electrons. The number of aliphatic hydroxyl groups is 1. The van der Waals surface area contributed by atoms with Gasteiger partial charge in [-0.3, -0.25) is 0 Å². The zero-order chi connectivity index (χ0) is 10.1. The van der Waals surface area contributed by atoms with Crippen LogP contribution in [0.3, 0.4) is 0 Å². The first kappa shape index (κ1) is 12.9. The van der Waals surface area contributed by atoms with Gasteiger partial charge in [-0.1, -0.05) is 0 Å². The van der Waals surface area contributed by atoms with Crippen molar-refractivity contribution < 1.29 is 9.84 Å². The SMILES string of the molecule is COCCCCN(C)CCC(C)O. The van der Waals surface area contributed by atoms with Gasteiger partial charge in [-0.05, 0) is 39.8 Å². The normalized spacial score (nSPS) is 13.6. The molecule has 0 heterocycles. The van der Waals surface area contributed by atoms with Gasteiger partial charge in [0.1, 0.15) is 0 Å². The lowest BCUT2D eigenvalue weighted by Crippen LogP contribution is -2.23. The molecule has 0 spiro atoms. The van der Waals surface area contributed by atoms with E-state index in [2.05, 4.69) is 11.9 Å². The number of unbranched alkanes of at least 4 members (excludes halogenated alkanes) is 1. The molecule has 1 atom stereocenters. The van der Waals surface area contributed by atoms with Crippen LogP contribution < -0.4 is 0 Å². The molecule has 0 saturated carbocycles. The van der Waals surface area contributed by atoms with Crippen molar-refractivity contribution >= 4 is 0 Å². The molecule has 1 N–H and O–H groups in total. The van der Waals surface area contributed by atoms with Gasteiger partial charge in [0.2, 0.25) is 0 Å². The van der Waals surface area contributed by atoms with Crippen LogP contribution in [0.1, 0.15) is 26.2 Å². The summed E-state index contributed by atoms with van der Waals surface area (Å²) in [5.41, 5.74) is 0. The second kappa shape index (κ2) is 8.48. The molecule has 3 heteroatoms. The molecule has 0 aromatic carbocycles. The molecule has 0 fully saturated rings. The standard InChI is InChI=1S/C10H23NO2/c1-10(12)6-8-11(2)7-4-5-9-13-3/h10,12H,4-9H2,1-3H3. The van der Waals surface area contributed by atoms with Crippen LogP contribution in [0, 0.1) is 0 Å². The highest BCUT2D eigenvalue weighted by molar-refractivity contribution is 4.55. The number of ether oxygens (including phenoxy) is 1. The average Bonchev–Trinajstić information content (AvgIpc) is 2.09. The van der Waals surface area contributed by atoms with E-state index in [1.807, 2.05) is 6.92 Å². The smallest absolute Gasteiger partial charge is 0.0524 e. The Hall–Kier alpha value is -0.120. The minimum absolute atomic E-state index is 0.179. The van der Waals surface area contributed by atoms with E-state index in [4.69, 9.17) is 9.84 Å². The van der Waals surface area contributed by atoms with Crippen LogP contribution in [0.4, 0.5) is 0 Å². The highest BCUT2D eigenvalue weighted by Crippen LogP contribution is 1.96.